The number of nitrogens with zero attached hydrogens (tertiary/aromatic N) is 4. The number of amides is 3. The van der Waals surface area contributed by atoms with E-state index in [0.29, 0.717) is 67.0 Å². The zero-order chi connectivity index (χ0) is 41.8. The zero-order valence-electron chi connectivity index (χ0n) is 33.6. The van der Waals surface area contributed by atoms with Crippen molar-refractivity contribution in [3.8, 4) is 5.75 Å². The number of hydrogen-bond acceptors (Lipinski definition) is 11. The normalized spacial score (nSPS) is 12.1. The zero-order valence-corrected chi connectivity index (χ0v) is 34.4. The van der Waals surface area contributed by atoms with Crippen molar-refractivity contribution in [2.75, 3.05) is 38.3 Å². The van der Waals surface area contributed by atoms with Gasteiger partial charge in [0.15, 0.2) is 0 Å². The predicted octanol–water partition coefficient (Wildman–Crippen LogP) is 4.82. The third-order valence-electron chi connectivity index (χ3n) is 8.54. The van der Waals surface area contributed by atoms with Crippen LogP contribution >= 0.6 is 0 Å². The number of ether oxygens (including phenoxy) is 3. The summed E-state index contributed by atoms with van der Waals surface area (Å²) in [4.78, 5) is 56.6. The standard InChI is InChI=1S/C40H53N7O9S/c1-8-17-42-35(48)14-11-21-55-31-22-27(2)36(28(3)23-31)57(52,53)45-32(38(50)54-7)26-43-37(49)29-15-16-33-30(24-29)25-44-47(33)20-12-19-46(34-13-9-10-18-41-34)39(51)56-40(4,5)6/h9-10,13,15-16,18,22-25,32,45H,8,11-12,14,17,19-21,26H2,1-7H3,(H,42,48)(H,43,49). The molecule has 0 aliphatic carbocycles. The maximum absolute atomic E-state index is 13.6. The molecule has 0 fully saturated rings. The molecule has 0 aliphatic rings. The van der Waals surface area contributed by atoms with Gasteiger partial charge in [0, 0.05) is 49.7 Å². The molecule has 0 aliphatic heterocycles. The van der Waals surface area contributed by atoms with Gasteiger partial charge in [0.05, 0.1) is 30.3 Å². The number of carbonyl (C=O) groups excluding carboxylic acids is 4. The Morgan fingerprint density at radius 3 is 2.37 bits per heavy atom. The van der Waals surface area contributed by atoms with Gasteiger partial charge in [-0.1, -0.05) is 13.0 Å². The van der Waals surface area contributed by atoms with Crippen molar-refractivity contribution in [2.24, 2.45) is 0 Å². The highest BCUT2D eigenvalue weighted by Gasteiger charge is 2.30. The molecule has 3 N–H and O–H groups in total. The van der Waals surface area contributed by atoms with Gasteiger partial charge in [-0.25, -0.2) is 18.2 Å². The van der Waals surface area contributed by atoms with Crippen molar-refractivity contribution in [1.29, 1.82) is 0 Å². The number of fused-ring (bicyclic) bond motifs is 1. The maximum atomic E-state index is 13.6. The number of methoxy groups -OCH3 is 1. The molecule has 57 heavy (non-hydrogen) atoms. The van der Waals surface area contributed by atoms with E-state index in [-0.39, 0.29) is 23.0 Å². The molecule has 2 heterocycles. The van der Waals surface area contributed by atoms with Crippen molar-refractivity contribution in [3.63, 3.8) is 0 Å². The van der Waals surface area contributed by atoms with Gasteiger partial charge in [-0.2, -0.15) is 9.82 Å². The Morgan fingerprint density at radius 1 is 0.982 bits per heavy atom. The van der Waals surface area contributed by atoms with Crippen molar-refractivity contribution in [1.82, 2.24) is 30.1 Å². The second-order valence-electron chi connectivity index (χ2n) is 14.4. The maximum Gasteiger partial charge on any atom is 0.416 e. The minimum absolute atomic E-state index is 0.0363. The first-order valence-corrected chi connectivity index (χ1v) is 20.3. The molecule has 0 saturated carbocycles. The largest absolute Gasteiger partial charge is 0.494 e. The first-order chi connectivity index (χ1) is 27.0. The van der Waals surface area contributed by atoms with Crippen LogP contribution in [0.15, 0.2) is 65.8 Å². The van der Waals surface area contributed by atoms with Crippen LogP contribution in [0, 0.1) is 13.8 Å². The number of aryl methyl sites for hydroxylation is 3. The van der Waals surface area contributed by atoms with Gasteiger partial charge in [-0.05, 0) is 107 Å². The van der Waals surface area contributed by atoms with E-state index in [9.17, 15) is 27.6 Å². The smallest absolute Gasteiger partial charge is 0.416 e. The van der Waals surface area contributed by atoms with Gasteiger partial charge in [-0.3, -0.25) is 24.0 Å². The summed E-state index contributed by atoms with van der Waals surface area (Å²) in [5.74, 6) is -0.568. The van der Waals surface area contributed by atoms with Gasteiger partial charge in [-0.15, -0.1) is 0 Å². The third kappa shape index (κ3) is 12.7. The molecule has 0 radical (unpaired) electrons. The fourth-order valence-corrected chi connectivity index (χ4v) is 7.60. The van der Waals surface area contributed by atoms with E-state index in [1.54, 1.807) is 100 Å². The first kappa shape index (κ1) is 44.2. The second kappa shape index (κ2) is 20.0. The van der Waals surface area contributed by atoms with Gasteiger partial charge < -0.3 is 24.8 Å². The summed E-state index contributed by atoms with van der Waals surface area (Å²) >= 11 is 0. The van der Waals surface area contributed by atoms with Crippen LogP contribution in [0.4, 0.5) is 10.6 Å². The fourth-order valence-electron chi connectivity index (χ4n) is 5.97. The summed E-state index contributed by atoms with van der Waals surface area (Å²) in [5.41, 5.74) is 1.11. The number of benzene rings is 2. The summed E-state index contributed by atoms with van der Waals surface area (Å²) in [6, 6.07) is 12.0. The molecule has 1 unspecified atom stereocenters. The topological polar surface area (TPSA) is 200 Å². The summed E-state index contributed by atoms with van der Waals surface area (Å²) in [5, 5.41) is 10.6. The van der Waals surface area contributed by atoms with Crippen LogP contribution in [0.3, 0.4) is 0 Å². The highest BCUT2D eigenvalue weighted by atomic mass is 32.2. The number of pyridine rings is 1. The molecule has 0 saturated heterocycles. The molecule has 4 rings (SSSR count). The minimum atomic E-state index is -4.27. The second-order valence-corrected chi connectivity index (χ2v) is 16.1. The highest BCUT2D eigenvalue weighted by molar-refractivity contribution is 7.89. The summed E-state index contributed by atoms with van der Waals surface area (Å²) in [7, 11) is -3.15. The molecular formula is C40H53N7O9S. The predicted molar refractivity (Wildman–Crippen MR) is 215 cm³/mol. The lowest BCUT2D eigenvalue weighted by molar-refractivity contribution is -0.142. The molecule has 17 heteroatoms. The molecule has 2 aromatic carbocycles. The quantitative estimate of drug-likeness (QED) is 0.0868. The Bertz CT molecular complexity index is 2110. The third-order valence-corrected chi connectivity index (χ3v) is 10.3. The highest BCUT2D eigenvalue weighted by Crippen LogP contribution is 2.26. The summed E-state index contributed by atoms with van der Waals surface area (Å²) < 4.78 is 47.6. The van der Waals surface area contributed by atoms with Crippen LogP contribution in [-0.4, -0.2) is 92.1 Å². The van der Waals surface area contributed by atoms with Crippen LogP contribution < -0.4 is 25.0 Å². The van der Waals surface area contributed by atoms with Crippen molar-refractivity contribution in [2.45, 2.75) is 90.3 Å². The Labute approximate surface area is 333 Å². The van der Waals surface area contributed by atoms with Gasteiger partial charge in [0.1, 0.15) is 23.2 Å². The van der Waals surface area contributed by atoms with Crippen LogP contribution in [-0.2, 0) is 35.6 Å². The van der Waals surface area contributed by atoms with Crippen LogP contribution in [0.5, 0.6) is 5.75 Å². The van der Waals surface area contributed by atoms with E-state index in [1.165, 1.54) is 4.90 Å². The molecule has 4 aromatic rings. The average molecular weight is 808 g/mol. The number of esters is 1. The summed E-state index contributed by atoms with van der Waals surface area (Å²) in [6.07, 6.45) is 4.90. The van der Waals surface area contributed by atoms with Crippen molar-refractivity contribution >= 4 is 50.6 Å². The molecule has 3 amide bonds. The molecular weight excluding hydrogens is 755 g/mol. The molecule has 0 spiro atoms. The van der Waals surface area contributed by atoms with Crippen molar-refractivity contribution < 1.29 is 41.8 Å². The number of rotatable bonds is 19. The Balaban J connectivity index is 1.37. The van der Waals surface area contributed by atoms with Crippen LogP contribution in [0.1, 0.15) is 74.9 Å². The lowest BCUT2D eigenvalue weighted by atomic mass is 10.1. The lowest BCUT2D eigenvalue weighted by Gasteiger charge is -2.26. The van der Waals surface area contributed by atoms with Gasteiger partial charge in [0.25, 0.3) is 5.91 Å². The number of hydrogen-bond donors (Lipinski definition) is 3. The monoisotopic (exact) mass is 807 g/mol. The van der Waals surface area contributed by atoms with E-state index in [2.05, 4.69) is 25.4 Å². The molecule has 308 valence electrons. The number of sulfonamides is 1. The SMILES string of the molecule is CCCNC(=O)CCCOc1cc(C)c(S(=O)(=O)NC(CNC(=O)c2ccc3c(cnn3CCCN(C(=O)OC(C)(C)C)c3ccccn3)c2)C(=O)OC)c(C)c1. The van der Waals surface area contributed by atoms with Crippen molar-refractivity contribution in [3.05, 3.63) is 77.6 Å². The Morgan fingerprint density at radius 2 is 1.72 bits per heavy atom. The number of aromatic nitrogens is 3. The molecule has 0 bridgehead atoms. The van der Waals surface area contributed by atoms with Crippen LogP contribution in [0.25, 0.3) is 10.9 Å². The molecule has 16 nitrogen and oxygen atoms in total. The van der Waals surface area contributed by atoms with Gasteiger partial charge in [0.2, 0.25) is 15.9 Å². The summed E-state index contributed by atoms with van der Waals surface area (Å²) in [6.45, 7) is 11.9. The first-order valence-electron chi connectivity index (χ1n) is 18.8. The fraction of sp³-hybridized carbons (Fsp3) is 0.450. The number of carbonyl (C=O) groups is 4. The molecule has 1 atom stereocenters. The minimum Gasteiger partial charge on any atom is -0.494 e. The van der Waals surface area contributed by atoms with E-state index >= 15 is 0 Å². The van der Waals surface area contributed by atoms with Crippen LogP contribution in [0.2, 0.25) is 0 Å². The van der Waals surface area contributed by atoms with E-state index in [4.69, 9.17) is 14.2 Å². The van der Waals surface area contributed by atoms with E-state index in [0.717, 1.165) is 19.0 Å². The van der Waals surface area contributed by atoms with E-state index in [1.807, 2.05) is 6.92 Å². The Hall–Kier alpha value is -5.55. The molecule has 2 aromatic heterocycles. The number of nitrogens with one attached hydrogen (secondary N) is 3. The Kier molecular flexibility index (Phi) is 15.5. The van der Waals surface area contributed by atoms with Gasteiger partial charge >= 0.3 is 12.1 Å². The number of anilines is 1. The van der Waals surface area contributed by atoms with E-state index < -0.39 is 46.2 Å². The lowest BCUT2D eigenvalue weighted by Crippen LogP contribution is -2.49. The average Bonchev–Trinajstić information content (AvgIpc) is 3.56.